The first-order valence-corrected chi connectivity index (χ1v) is 12.6. The predicted molar refractivity (Wildman–Crippen MR) is 148 cm³/mol. The average molecular weight is 539 g/mol. The van der Waals surface area contributed by atoms with Crippen LogP contribution < -0.4 is 5.32 Å². The Morgan fingerprint density at radius 2 is 1.75 bits per heavy atom. The molecule has 200 valence electrons. The molecule has 9 nitrogen and oxygen atoms in total. The Hall–Kier alpha value is -5.06. The first kappa shape index (κ1) is 25.2. The predicted octanol–water partition coefficient (Wildman–Crippen LogP) is 6.28. The standard InChI is InChI=1S/C29H24F2N8O/c1-29(2,3)11-21(40)35-18-10-16(12-32-13-18)20-14-34-26-22(23(20)31)25(38-39-26)28-36-24-19(8-9-33-27(24)37-28)15-4-6-17(30)7-5-15/h4-10,12-14H,11H2,1-3H3,(H,35,40)(H,33,36,37)(H,34,38,39). The fourth-order valence-electron chi connectivity index (χ4n) is 4.55. The Kier molecular flexibility index (Phi) is 6.05. The Morgan fingerprint density at radius 1 is 0.950 bits per heavy atom. The summed E-state index contributed by atoms with van der Waals surface area (Å²) < 4.78 is 29.6. The number of imidazole rings is 1. The average Bonchev–Trinajstić information content (AvgIpc) is 3.53. The van der Waals surface area contributed by atoms with Gasteiger partial charge in [-0.1, -0.05) is 32.9 Å². The van der Waals surface area contributed by atoms with E-state index in [0.717, 1.165) is 11.1 Å². The van der Waals surface area contributed by atoms with Crippen molar-refractivity contribution in [2.24, 2.45) is 5.41 Å². The number of aromatic nitrogens is 7. The smallest absolute Gasteiger partial charge is 0.224 e. The van der Waals surface area contributed by atoms with Crippen LogP contribution in [-0.4, -0.2) is 41.0 Å². The van der Waals surface area contributed by atoms with Crippen LogP contribution in [0.4, 0.5) is 14.5 Å². The highest BCUT2D eigenvalue weighted by Gasteiger charge is 2.22. The van der Waals surface area contributed by atoms with Gasteiger partial charge in [0.15, 0.2) is 17.1 Å². The summed E-state index contributed by atoms with van der Waals surface area (Å²) in [5, 5.41) is 10.0. The summed E-state index contributed by atoms with van der Waals surface area (Å²) in [7, 11) is 0. The van der Waals surface area contributed by atoms with E-state index in [0.29, 0.717) is 34.7 Å². The Morgan fingerprint density at radius 3 is 2.52 bits per heavy atom. The fourth-order valence-corrected chi connectivity index (χ4v) is 4.55. The number of halogens is 2. The van der Waals surface area contributed by atoms with Crippen LogP contribution in [0.5, 0.6) is 0 Å². The van der Waals surface area contributed by atoms with Crippen molar-refractivity contribution in [1.82, 2.24) is 35.1 Å². The summed E-state index contributed by atoms with van der Waals surface area (Å²) >= 11 is 0. The van der Waals surface area contributed by atoms with Gasteiger partial charge in [-0.25, -0.2) is 23.7 Å². The minimum Gasteiger partial charge on any atom is -0.325 e. The van der Waals surface area contributed by atoms with Crippen LogP contribution in [0.3, 0.4) is 0 Å². The molecule has 11 heteroatoms. The summed E-state index contributed by atoms with van der Waals surface area (Å²) in [5.41, 5.74) is 3.88. The lowest BCUT2D eigenvalue weighted by atomic mass is 9.92. The van der Waals surface area contributed by atoms with E-state index in [1.807, 2.05) is 20.8 Å². The summed E-state index contributed by atoms with van der Waals surface area (Å²) in [6.45, 7) is 5.92. The number of carbonyl (C=O) groups is 1. The molecule has 1 aromatic carbocycles. The highest BCUT2D eigenvalue weighted by molar-refractivity contribution is 5.97. The second-order valence-electron chi connectivity index (χ2n) is 10.7. The third-order valence-electron chi connectivity index (χ3n) is 6.31. The van der Waals surface area contributed by atoms with E-state index in [2.05, 4.69) is 40.4 Å². The summed E-state index contributed by atoms with van der Waals surface area (Å²) in [5.74, 6) is -0.772. The van der Waals surface area contributed by atoms with Crippen LogP contribution in [0.2, 0.25) is 0 Å². The molecule has 0 spiro atoms. The zero-order chi connectivity index (χ0) is 28.0. The van der Waals surface area contributed by atoms with Gasteiger partial charge in [0.25, 0.3) is 0 Å². The monoisotopic (exact) mass is 538 g/mol. The van der Waals surface area contributed by atoms with Crippen molar-refractivity contribution in [2.45, 2.75) is 27.2 Å². The van der Waals surface area contributed by atoms with E-state index in [1.165, 1.54) is 30.7 Å². The van der Waals surface area contributed by atoms with Crippen molar-refractivity contribution < 1.29 is 13.6 Å². The molecule has 0 bridgehead atoms. The number of fused-ring (bicyclic) bond motifs is 2. The van der Waals surface area contributed by atoms with Gasteiger partial charge >= 0.3 is 0 Å². The maximum absolute atomic E-state index is 16.1. The number of anilines is 1. The van der Waals surface area contributed by atoms with Gasteiger partial charge in [0.1, 0.15) is 22.8 Å². The molecule has 1 amide bonds. The molecule has 6 aromatic rings. The molecule has 5 heterocycles. The number of rotatable bonds is 5. The van der Waals surface area contributed by atoms with Crippen molar-refractivity contribution in [3.8, 4) is 33.8 Å². The highest BCUT2D eigenvalue weighted by atomic mass is 19.1. The third-order valence-corrected chi connectivity index (χ3v) is 6.31. The maximum atomic E-state index is 16.1. The lowest BCUT2D eigenvalue weighted by molar-refractivity contribution is -0.117. The van der Waals surface area contributed by atoms with Crippen molar-refractivity contribution in [2.75, 3.05) is 5.32 Å². The molecular formula is C29H24F2N8O. The van der Waals surface area contributed by atoms with E-state index >= 15 is 4.39 Å². The lowest BCUT2D eigenvalue weighted by Crippen LogP contribution is -2.19. The molecule has 3 N–H and O–H groups in total. The second-order valence-corrected chi connectivity index (χ2v) is 10.7. The van der Waals surface area contributed by atoms with Gasteiger partial charge in [-0.15, -0.1) is 0 Å². The van der Waals surface area contributed by atoms with E-state index in [-0.39, 0.29) is 39.4 Å². The Balaban J connectivity index is 1.40. The first-order chi connectivity index (χ1) is 19.2. The SMILES string of the molecule is CC(C)(C)CC(=O)Nc1cncc(-c2cnc3[nH]nc(-c4nc5c(-c6ccc(F)cc6)ccnc5[nH]4)c3c2F)c1. The van der Waals surface area contributed by atoms with Crippen LogP contribution in [0, 0.1) is 17.0 Å². The molecule has 0 radical (unpaired) electrons. The molecular weight excluding hydrogens is 514 g/mol. The number of amides is 1. The molecule has 0 saturated heterocycles. The van der Waals surface area contributed by atoms with Crippen molar-refractivity contribution >= 4 is 33.8 Å². The quantitative estimate of drug-likeness (QED) is 0.237. The molecule has 0 unspecified atom stereocenters. The minimum atomic E-state index is -0.569. The molecule has 0 aliphatic heterocycles. The molecule has 0 fully saturated rings. The van der Waals surface area contributed by atoms with Crippen molar-refractivity contribution in [1.29, 1.82) is 0 Å². The van der Waals surface area contributed by atoms with Crippen molar-refractivity contribution in [3.63, 3.8) is 0 Å². The van der Waals surface area contributed by atoms with Crippen LogP contribution in [0.1, 0.15) is 27.2 Å². The first-order valence-electron chi connectivity index (χ1n) is 12.6. The molecule has 0 aliphatic rings. The topological polar surface area (TPSA) is 125 Å². The van der Waals surface area contributed by atoms with Crippen LogP contribution in [0.15, 0.2) is 61.2 Å². The third kappa shape index (κ3) is 4.77. The van der Waals surface area contributed by atoms with E-state index in [4.69, 9.17) is 0 Å². The van der Waals surface area contributed by atoms with Gasteiger partial charge in [-0.05, 0) is 35.2 Å². The van der Waals surface area contributed by atoms with Gasteiger partial charge in [-0.3, -0.25) is 14.9 Å². The molecule has 0 saturated carbocycles. The summed E-state index contributed by atoms with van der Waals surface area (Å²) in [4.78, 5) is 33.1. The van der Waals surface area contributed by atoms with Crippen LogP contribution in [0.25, 0.3) is 56.0 Å². The summed E-state index contributed by atoms with van der Waals surface area (Å²) in [6.07, 6.45) is 6.35. The zero-order valence-electron chi connectivity index (χ0n) is 21.9. The van der Waals surface area contributed by atoms with Gasteiger partial charge in [-0.2, -0.15) is 5.10 Å². The minimum absolute atomic E-state index is 0.141. The van der Waals surface area contributed by atoms with Gasteiger partial charge in [0.2, 0.25) is 5.91 Å². The van der Waals surface area contributed by atoms with Gasteiger partial charge < -0.3 is 10.3 Å². The maximum Gasteiger partial charge on any atom is 0.224 e. The molecule has 0 aliphatic carbocycles. The van der Waals surface area contributed by atoms with Crippen LogP contribution in [-0.2, 0) is 4.79 Å². The normalized spacial score (nSPS) is 11.8. The van der Waals surface area contributed by atoms with Crippen molar-refractivity contribution in [3.05, 3.63) is 72.8 Å². The number of carbonyl (C=O) groups excluding carboxylic acids is 1. The molecule has 0 atom stereocenters. The van der Waals surface area contributed by atoms with E-state index < -0.39 is 5.82 Å². The van der Waals surface area contributed by atoms with Gasteiger partial charge in [0, 0.05) is 41.7 Å². The number of aromatic amines is 2. The number of nitrogens with one attached hydrogen (secondary N) is 3. The van der Waals surface area contributed by atoms with E-state index in [1.54, 1.807) is 30.5 Å². The number of benzene rings is 1. The number of pyridine rings is 3. The second kappa shape index (κ2) is 9.60. The number of hydrogen-bond acceptors (Lipinski definition) is 6. The zero-order valence-corrected chi connectivity index (χ0v) is 21.9. The van der Waals surface area contributed by atoms with Crippen LogP contribution >= 0.6 is 0 Å². The fraction of sp³-hybridized carbons (Fsp3) is 0.172. The number of nitrogens with zero attached hydrogens (tertiary/aromatic N) is 5. The number of hydrogen-bond donors (Lipinski definition) is 3. The van der Waals surface area contributed by atoms with Gasteiger partial charge in [0.05, 0.1) is 17.3 Å². The van der Waals surface area contributed by atoms with E-state index in [9.17, 15) is 9.18 Å². The number of H-pyrrole nitrogens is 2. The highest BCUT2D eigenvalue weighted by Crippen LogP contribution is 2.34. The molecule has 5 aromatic heterocycles. The largest absolute Gasteiger partial charge is 0.325 e. The molecule has 6 rings (SSSR count). The Bertz CT molecular complexity index is 1890. The molecule has 40 heavy (non-hydrogen) atoms. The lowest BCUT2D eigenvalue weighted by Gasteiger charge is -2.17. The summed E-state index contributed by atoms with van der Waals surface area (Å²) in [6, 6.07) is 9.50. The Labute approximate surface area is 227 Å².